The third-order valence-corrected chi connectivity index (χ3v) is 5.92. The van der Waals surface area contributed by atoms with Crippen molar-refractivity contribution in [3.05, 3.63) is 102 Å². The number of benzene rings is 2. The molecule has 0 saturated heterocycles. The van der Waals surface area contributed by atoms with Gasteiger partial charge in [0.15, 0.2) is 0 Å². The molecule has 0 N–H and O–H groups in total. The Morgan fingerprint density at radius 3 is 2.61 bits per heavy atom. The first kappa shape index (κ1) is 19.2. The standard InChI is InChI=1S/C24H20N8O/c1-17-7-2-3-10-22(17)32-23(29-11-4-5-12-29)20-14-30(15-21(20)26-32)24(33)18-8-6-9-19(13-18)31-16-25-27-28-31/h2-13,16H,14-15H2,1H3. The van der Waals surface area contributed by atoms with E-state index in [0.717, 1.165) is 34.0 Å². The van der Waals surface area contributed by atoms with E-state index in [2.05, 4.69) is 39.1 Å². The first-order valence-corrected chi connectivity index (χ1v) is 10.6. The monoisotopic (exact) mass is 436 g/mol. The van der Waals surface area contributed by atoms with E-state index in [0.29, 0.717) is 18.7 Å². The van der Waals surface area contributed by atoms with Crippen LogP contribution in [0.4, 0.5) is 0 Å². The van der Waals surface area contributed by atoms with Gasteiger partial charge in [-0.15, -0.1) is 5.10 Å². The third kappa shape index (κ3) is 3.21. The zero-order valence-electron chi connectivity index (χ0n) is 17.9. The van der Waals surface area contributed by atoms with Gasteiger partial charge in [0, 0.05) is 23.5 Å². The molecule has 1 aliphatic heterocycles. The van der Waals surface area contributed by atoms with Crippen molar-refractivity contribution >= 4 is 5.91 Å². The molecule has 5 aromatic rings. The highest BCUT2D eigenvalue weighted by Crippen LogP contribution is 2.32. The molecule has 33 heavy (non-hydrogen) atoms. The van der Waals surface area contributed by atoms with E-state index >= 15 is 0 Å². The van der Waals surface area contributed by atoms with Crippen LogP contribution in [0.15, 0.2) is 79.4 Å². The molecule has 6 rings (SSSR count). The maximum absolute atomic E-state index is 13.4. The summed E-state index contributed by atoms with van der Waals surface area (Å²) in [4.78, 5) is 15.2. The molecule has 0 bridgehead atoms. The largest absolute Gasteiger partial charge is 0.328 e. The molecule has 3 aromatic heterocycles. The van der Waals surface area contributed by atoms with Crippen LogP contribution < -0.4 is 0 Å². The molecule has 4 heterocycles. The number of carbonyl (C=O) groups excluding carboxylic acids is 1. The number of tetrazole rings is 1. The number of nitrogens with zero attached hydrogens (tertiary/aromatic N) is 8. The van der Waals surface area contributed by atoms with E-state index in [1.165, 1.54) is 11.0 Å². The molecule has 1 amide bonds. The fourth-order valence-electron chi connectivity index (χ4n) is 4.30. The minimum atomic E-state index is -0.0520. The molecular formula is C24H20N8O. The molecule has 0 fully saturated rings. The molecule has 0 unspecified atom stereocenters. The fourth-order valence-corrected chi connectivity index (χ4v) is 4.30. The van der Waals surface area contributed by atoms with Gasteiger partial charge in [-0.3, -0.25) is 4.79 Å². The summed E-state index contributed by atoms with van der Waals surface area (Å²) in [6, 6.07) is 19.5. The van der Waals surface area contributed by atoms with Crippen LogP contribution >= 0.6 is 0 Å². The highest BCUT2D eigenvalue weighted by atomic mass is 16.2. The van der Waals surface area contributed by atoms with Crippen LogP contribution in [0.2, 0.25) is 0 Å². The summed E-state index contributed by atoms with van der Waals surface area (Å²) in [7, 11) is 0. The highest BCUT2D eigenvalue weighted by Gasteiger charge is 2.32. The topological polar surface area (TPSA) is 86.7 Å². The minimum absolute atomic E-state index is 0.0520. The van der Waals surface area contributed by atoms with Gasteiger partial charge in [-0.2, -0.15) is 5.10 Å². The molecular weight excluding hydrogens is 416 g/mol. The Morgan fingerprint density at radius 2 is 1.82 bits per heavy atom. The van der Waals surface area contributed by atoms with Crippen LogP contribution in [0.25, 0.3) is 17.2 Å². The van der Waals surface area contributed by atoms with Gasteiger partial charge in [0.1, 0.15) is 12.1 Å². The second kappa shape index (κ2) is 7.56. The predicted molar refractivity (Wildman–Crippen MR) is 120 cm³/mol. The van der Waals surface area contributed by atoms with Crippen LogP contribution in [0.1, 0.15) is 27.2 Å². The third-order valence-electron chi connectivity index (χ3n) is 5.92. The van der Waals surface area contributed by atoms with Gasteiger partial charge in [-0.25, -0.2) is 9.36 Å². The summed E-state index contributed by atoms with van der Waals surface area (Å²) in [6.45, 7) is 3.02. The van der Waals surface area contributed by atoms with Crippen molar-refractivity contribution in [3.63, 3.8) is 0 Å². The van der Waals surface area contributed by atoms with Crippen molar-refractivity contribution in [3.8, 4) is 17.2 Å². The normalized spacial score (nSPS) is 12.8. The van der Waals surface area contributed by atoms with Crippen LogP contribution in [-0.2, 0) is 13.1 Å². The molecule has 2 aromatic carbocycles. The number of fused-ring (bicyclic) bond motifs is 1. The van der Waals surface area contributed by atoms with E-state index in [-0.39, 0.29) is 5.91 Å². The molecule has 0 radical (unpaired) electrons. The summed E-state index contributed by atoms with van der Waals surface area (Å²) in [5.74, 6) is 0.908. The van der Waals surface area contributed by atoms with Gasteiger partial charge >= 0.3 is 0 Å². The average Bonchev–Trinajstić information content (AvgIpc) is 3.63. The lowest BCUT2D eigenvalue weighted by atomic mass is 10.1. The van der Waals surface area contributed by atoms with Gasteiger partial charge in [0.2, 0.25) is 0 Å². The summed E-state index contributed by atoms with van der Waals surface area (Å²) in [5.41, 5.74) is 5.46. The SMILES string of the molecule is Cc1ccccc1-n1nc2c(c1-n1cccc1)CN(C(=O)c1cccc(-n3cnnn3)c1)C2. The lowest BCUT2D eigenvalue weighted by Crippen LogP contribution is -2.26. The van der Waals surface area contributed by atoms with E-state index in [1.54, 1.807) is 6.07 Å². The average molecular weight is 436 g/mol. The molecule has 0 aliphatic carbocycles. The molecule has 0 spiro atoms. The molecule has 9 heteroatoms. The van der Waals surface area contributed by atoms with Crippen LogP contribution in [0.5, 0.6) is 0 Å². The Bertz CT molecular complexity index is 1450. The summed E-state index contributed by atoms with van der Waals surface area (Å²) < 4.78 is 5.58. The Morgan fingerprint density at radius 1 is 0.970 bits per heavy atom. The quantitative estimate of drug-likeness (QED) is 0.432. The van der Waals surface area contributed by atoms with Crippen molar-refractivity contribution in [2.24, 2.45) is 0 Å². The second-order valence-electron chi connectivity index (χ2n) is 8.00. The number of hydrogen-bond donors (Lipinski definition) is 0. The van der Waals surface area contributed by atoms with Crippen LogP contribution in [0.3, 0.4) is 0 Å². The number of aromatic nitrogens is 7. The number of rotatable bonds is 4. The zero-order chi connectivity index (χ0) is 22.4. The zero-order valence-corrected chi connectivity index (χ0v) is 17.9. The fraction of sp³-hybridized carbons (Fsp3) is 0.125. The summed E-state index contributed by atoms with van der Waals surface area (Å²) in [5, 5.41) is 16.2. The first-order valence-electron chi connectivity index (χ1n) is 10.6. The summed E-state index contributed by atoms with van der Waals surface area (Å²) >= 11 is 0. The van der Waals surface area contributed by atoms with Crippen molar-refractivity contribution in [2.45, 2.75) is 20.0 Å². The van der Waals surface area contributed by atoms with E-state index in [1.807, 2.05) is 64.4 Å². The molecule has 1 aliphatic rings. The van der Waals surface area contributed by atoms with E-state index in [4.69, 9.17) is 5.10 Å². The summed E-state index contributed by atoms with van der Waals surface area (Å²) in [6.07, 6.45) is 5.52. The lowest BCUT2D eigenvalue weighted by Gasteiger charge is -2.18. The van der Waals surface area contributed by atoms with Crippen LogP contribution in [0, 0.1) is 6.92 Å². The van der Waals surface area contributed by atoms with E-state index < -0.39 is 0 Å². The number of hydrogen-bond acceptors (Lipinski definition) is 5. The molecule has 162 valence electrons. The minimum Gasteiger partial charge on any atom is -0.328 e. The predicted octanol–water partition coefficient (Wildman–Crippen LogP) is 3.10. The van der Waals surface area contributed by atoms with Gasteiger partial charge < -0.3 is 9.47 Å². The van der Waals surface area contributed by atoms with Gasteiger partial charge in [0.25, 0.3) is 5.91 Å². The second-order valence-corrected chi connectivity index (χ2v) is 8.00. The lowest BCUT2D eigenvalue weighted by molar-refractivity contribution is 0.0749. The maximum atomic E-state index is 13.4. The van der Waals surface area contributed by atoms with Gasteiger partial charge in [-0.1, -0.05) is 24.3 Å². The van der Waals surface area contributed by atoms with Gasteiger partial charge in [-0.05, 0) is 59.3 Å². The number of carbonyl (C=O) groups is 1. The van der Waals surface area contributed by atoms with Crippen molar-refractivity contribution < 1.29 is 4.79 Å². The highest BCUT2D eigenvalue weighted by molar-refractivity contribution is 5.95. The molecule has 0 atom stereocenters. The number of para-hydroxylation sites is 1. The Balaban J connectivity index is 1.36. The Labute approximate surface area is 189 Å². The van der Waals surface area contributed by atoms with Crippen LogP contribution in [-0.4, -0.2) is 45.4 Å². The molecule has 0 saturated carbocycles. The van der Waals surface area contributed by atoms with E-state index in [9.17, 15) is 4.79 Å². The Kier molecular flexibility index (Phi) is 4.39. The van der Waals surface area contributed by atoms with Crippen molar-refractivity contribution in [1.82, 2.24) is 39.5 Å². The first-order chi connectivity index (χ1) is 16.2. The maximum Gasteiger partial charge on any atom is 0.254 e. The number of amides is 1. The van der Waals surface area contributed by atoms with Crippen molar-refractivity contribution in [2.75, 3.05) is 0 Å². The molecule has 9 nitrogen and oxygen atoms in total. The smallest absolute Gasteiger partial charge is 0.254 e. The number of aryl methyl sites for hydroxylation is 1. The van der Waals surface area contributed by atoms with Crippen molar-refractivity contribution in [1.29, 1.82) is 0 Å². The van der Waals surface area contributed by atoms with Gasteiger partial charge in [0.05, 0.1) is 30.2 Å². The Hall–Kier alpha value is -4.53.